The summed E-state index contributed by atoms with van der Waals surface area (Å²) in [6, 6.07) is 99.8. The van der Waals surface area contributed by atoms with E-state index in [1.807, 2.05) is 0 Å². The van der Waals surface area contributed by atoms with Gasteiger partial charge in [-0.2, -0.15) is 0 Å². The molecule has 0 spiro atoms. The van der Waals surface area contributed by atoms with Crippen molar-refractivity contribution in [3.8, 4) is 77.9 Å². The molecule has 0 saturated heterocycles. The summed E-state index contributed by atoms with van der Waals surface area (Å²) in [5.41, 5.74) is 20.3. The van der Waals surface area contributed by atoms with Crippen molar-refractivity contribution in [3.05, 3.63) is 278 Å². The SMILES string of the molecule is CC1(C)c2ccccc2-c2ccc(-c3c4ccccc4c(-c4c5ccccc5c(-c5ccc(-c6c7ccccc7c(-c7ccccc7)c7cc(-c8ccccc8)ccc67)cc5)c5ccccc45)c4ccccc34)cc21. The summed E-state index contributed by atoms with van der Waals surface area (Å²) < 4.78 is 0. The highest BCUT2D eigenvalue weighted by Gasteiger charge is 2.35. The molecule has 75 heavy (non-hydrogen) atoms. The highest BCUT2D eigenvalue weighted by molar-refractivity contribution is 6.30. The van der Waals surface area contributed by atoms with Crippen LogP contribution >= 0.6 is 0 Å². The Bertz CT molecular complexity index is 4520. The van der Waals surface area contributed by atoms with E-state index in [1.165, 1.54) is 154 Å². The lowest BCUT2D eigenvalue weighted by molar-refractivity contribution is 0.660. The van der Waals surface area contributed by atoms with Crippen molar-refractivity contribution in [3.63, 3.8) is 0 Å². The molecule has 350 valence electrons. The van der Waals surface area contributed by atoms with Crippen molar-refractivity contribution in [2.24, 2.45) is 0 Å². The van der Waals surface area contributed by atoms with Crippen molar-refractivity contribution in [2.75, 3.05) is 0 Å². The van der Waals surface area contributed by atoms with E-state index >= 15 is 0 Å². The van der Waals surface area contributed by atoms with E-state index in [0.717, 1.165) is 0 Å². The minimum absolute atomic E-state index is 0.0997. The molecule has 1 aliphatic carbocycles. The molecule has 0 fully saturated rings. The molecule has 0 heteroatoms. The first-order chi connectivity index (χ1) is 37.0. The molecule has 0 saturated carbocycles. The summed E-state index contributed by atoms with van der Waals surface area (Å²) in [6.45, 7) is 4.76. The van der Waals surface area contributed by atoms with E-state index in [1.54, 1.807) is 0 Å². The standard InChI is InChI=1S/C75H50/c1-75(2)67-36-20-19-25-53(67)54-43-42-52(46-68(54)75)72-59-30-13-17-34-63(59)74(64-35-18-14-31-60(64)72)73-61-32-15-11-28-57(61)69(58-29-12-16-33-62(58)73)49-37-39-50(40-38-49)70-55-26-9-10-27-56(55)71(48-23-7-4-8-24-48)66-45-51(41-44-65(66)70)47-21-5-3-6-22-47/h3-46H,1-2H3. The molecule has 0 aromatic heterocycles. The number of hydrogen-bond donors (Lipinski definition) is 0. The van der Waals surface area contributed by atoms with Crippen molar-refractivity contribution >= 4 is 64.6 Å². The predicted molar refractivity (Wildman–Crippen MR) is 322 cm³/mol. The van der Waals surface area contributed by atoms with Crippen LogP contribution in [0.25, 0.3) is 143 Å². The molecule has 15 rings (SSSR count). The number of fused-ring (bicyclic) bond motifs is 9. The second kappa shape index (κ2) is 16.9. The van der Waals surface area contributed by atoms with Crippen LogP contribution in [0.3, 0.4) is 0 Å². The largest absolute Gasteiger partial charge is 0.0622 e. The van der Waals surface area contributed by atoms with Gasteiger partial charge in [-0.05, 0) is 166 Å². The van der Waals surface area contributed by atoms with Crippen LogP contribution in [-0.4, -0.2) is 0 Å². The Kier molecular flexibility index (Phi) is 9.72. The number of rotatable bonds is 6. The van der Waals surface area contributed by atoms with Crippen LogP contribution in [0.1, 0.15) is 25.0 Å². The van der Waals surface area contributed by atoms with E-state index in [-0.39, 0.29) is 5.41 Å². The molecule has 14 aromatic carbocycles. The Hall–Kier alpha value is -9.36. The average molecular weight is 951 g/mol. The normalized spacial score (nSPS) is 12.8. The van der Waals surface area contributed by atoms with Crippen LogP contribution in [0.15, 0.2) is 267 Å². The minimum atomic E-state index is -0.0997. The molecular formula is C75H50. The Morgan fingerprint density at radius 1 is 0.187 bits per heavy atom. The second-order valence-corrected chi connectivity index (χ2v) is 21.0. The molecule has 0 heterocycles. The van der Waals surface area contributed by atoms with Gasteiger partial charge in [-0.15, -0.1) is 0 Å². The van der Waals surface area contributed by atoms with Gasteiger partial charge in [0.1, 0.15) is 0 Å². The van der Waals surface area contributed by atoms with Gasteiger partial charge in [0.2, 0.25) is 0 Å². The second-order valence-electron chi connectivity index (χ2n) is 21.0. The molecule has 1 aliphatic rings. The maximum Gasteiger partial charge on any atom is 0.0159 e. The number of benzene rings is 14. The highest BCUT2D eigenvalue weighted by Crippen LogP contribution is 2.54. The van der Waals surface area contributed by atoms with Crippen molar-refractivity contribution in [1.29, 1.82) is 0 Å². The van der Waals surface area contributed by atoms with Crippen molar-refractivity contribution in [1.82, 2.24) is 0 Å². The summed E-state index contributed by atoms with van der Waals surface area (Å²) in [6.07, 6.45) is 0. The zero-order valence-corrected chi connectivity index (χ0v) is 41.9. The van der Waals surface area contributed by atoms with Crippen molar-refractivity contribution in [2.45, 2.75) is 19.3 Å². The Labute approximate surface area is 437 Å². The summed E-state index contributed by atoms with van der Waals surface area (Å²) in [5, 5.41) is 15.0. The Balaban J connectivity index is 0.931. The van der Waals surface area contributed by atoms with Gasteiger partial charge in [0.25, 0.3) is 0 Å². The molecule has 0 aliphatic heterocycles. The zero-order chi connectivity index (χ0) is 49.8. The molecular weight excluding hydrogens is 901 g/mol. The molecule has 0 bridgehead atoms. The zero-order valence-electron chi connectivity index (χ0n) is 41.9. The molecule has 0 N–H and O–H groups in total. The third-order valence-corrected chi connectivity index (χ3v) is 16.6. The van der Waals surface area contributed by atoms with Crippen LogP contribution in [0.5, 0.6) is 0 Å². The fourth-order valence-corrected chi connectivity index (χ4v) is 13.3. The van der Waals surface area contributed by atoms with Gasteiger partial charge < -0.3 is 0 Å². The average Bonchev–Trinajstić information content (AvgIpc) is 3.70. The molecule has 0 atom stereocenters. The third-order valence-electron chi connectivity index (χ3n) is 16.6. The third kappa shape index (κ3) is 6.56. The first-order valence-electron chi connectivity index (χ1n) is 26.3. The monoisotopic (exact) mass is 950 g/mol. The van der Waals surface area contributed by atoms with E-state index in [9.17, 15) is 0 Å². The first kappa shape index (κ1) is 43.2. The first-order valence-corrected chi connectivity index (χ1v) is 26.3. The van der Waals surface area contributed by atoms with E-state index in [4.69, 9.17) is 0 Å². The summed E-state index contributed by atoms with van der Waals surface area (Å²) in [7, 11) is 0. The highest BCUT2D eigenvalue weighted by atomic mass is 14.4. The maximum absolute atomic E-state index is 2.49. The van der Waals surface area contributed by atoms with E-state index < -0.39 is 0 Å². The fourth-order valence-electron chi connectivity index (χ4n) is 13.3. The molecule has 0 amide bonds. The summed E-state index contributed by atoms with van der Waals surface area (Å²) >= 11 is 0. The van der Waals surface area contributed by atoms with Gasteiger partial charge in [0.05, 0.1) is 0 Å². The lowest BCUT2D eigenvalue weighted by Crippen LogP contribution is -2.14. The summed E-state index contributed by atoms with van der Waals surface area (Å²) in [4.78, 5) is 0. The fraction of sp³-hybridized carbons (Fsp3) is 0.0400. The topological polar surface area (TPSA) is 0 Å². The molecule has 0 nitrogen and oxygen atoms in total. The maximum atomic E-state index is 2.49. The minimum Gasteiger partial charge on any atom is -0.0622 e. The van der Waals surface area contributed by atoms with E-state index in [2.05, 4.69) is 281 Å². The Morgan fingerprint density at radius 3 is 0.960 bits per heavy atom. The van der Waals surface area contributed by atoms with Crippen LogP contribution in [0.2, 0.25) is 0 Å². The van der Waals surface area contributed by atoms with Gasteiger partial charge in [-0.1, -0.05) is 269 Å². The van der Waals surface area contributed by atoms with Gasteiger partial charge in [-0.25, -0.2) is 0 Å². The van der Waals surface area contributed by atoms with Gasteiger partial charge in [0.15, 0.2) is 0 Å². The van der Waals surface area contributed by atoms with Crippen LogP contribution in [-0.2, 0) is 5.41 Å². The van der Waals surface area contributed by atoms with Gasteiger partial charge >= 0.3 is 0 Å². The summed E-state index contributed by atoms with van der Waals surface area (Å²) in [5.74, 6) is 0. The van der Waals surface area contributed by atoms with Crippen LogP contribution in [0.4, 0.5) is 0 Å². The lowest BCUT2D eigenvalue weighted by atomic mass is 9.79. The lowest BCUT2D eigenvalue weighted by Gasteiger charge is -2.24. The van der Waals surface area contributed by atoms with Gasteiger partial charge in [-0.3, -0.25) is 0 Å². The van der Waals surface area contributed by atoms with Crippen LogP contribution < -0.4 is 0 Å². The van der Waals surface area contributed by atoms with Gasteiger partial charge in [0, 0.05) is 5.41 Å². The molecule has 0 radical (unpaired) electrons. The molecule has 14 aromatic rings. The van der Waals surface area contributed by atoms with Crippen molar-refractivity contribution < 1.29 is 0 Å². The molecule has 0 unspecified atom stereocenters. The van der Waals surface area contributed by atoms with Crippen LogP contribution in [0, 0.1) is 0 Å². The Morgan fingerprint density at radius 2 is 0.493 bits per heavy atom. The number of hydrogen-bond acceptors (Lipinski definition) is 0. The van der Waals surface area contributed by atoms with E-state index in [0.29, 0.717) is 0 Å². The predicted octanol–water partition coefficient (Wildman–Crippen LogP) is 20.9. The quantitative estimate of drug-likeness (QED) is 0.146. The smallest absolute Gasteiger partial charge is 0.0159 e.